The van der Waals surface area contributed by atoms with Crippen LogP contribution in [0.2, 0.25) is 0 Å². The highest BCUT2D eigenvalue weighted by Gasteiger charge is 2.41. The van der Waals surface area contributed by atoms with Crippen molar-refractivity contribution >= 4 is 17.7 Å². The zero-order valence-corrected chi connectivity index (χ0v) is 29.8. The minimum absolute atomic E-state index is 0.0430. The van der Waals surface area contributed by atoms with Crippen molar-refractivity contribution in [1.29, 1.82) is 0 Å². The largest absolute Gasteiger partial charge is 0.463 e. The van der Waals surface area contributed by atoms with Crippen LogP contribution in [0.3, 0.4) is 0 Å². The second-order valence-electron chi connectivity index (χ2n) is 13.9. The van der Waals surface area contributed by atoms with Gasteiger partial charge in [0, 0.05) is 43.9 Å². The zero-order valence-electron chi connectivity index (χ0n) is 29.8. The van der Waals surface area contributed by atoms with Crippen molar-refractivity contribution in [2.45, 2.75) is 180 Å². The highest BCUT2D eigenvalue weighted by Crippen LogP contribution is 2.36. The molecule has 0 radical (unpaired) electrons. The zero-order chi connectivity index (χ0) is 34.9. The molecule has 1 saturated carbocycles. The molecule has 4 N–H and O–H groups in total. The second kappa shape index (κ2) is 27.1. The Labute approximate surface area is 284 Å². The summed E-state index contributed by atoms with van der Waals surface area (Å²) in [6.45, 7) is 6.19. The van der Waals surface area contributed by atoms with Crippen LogP contribution in [0.4, 0.5) is 0 Å². The van der Waals surface area contributed by atoms with Crippen molar-refractivity contribution in [3.63, 3.8) is 0 Å². The Morgan fingerprint density at radius 3 is 1.85 bits per heavy atom. The van der Waals surface area contributed by atoms with Crippen molar-refractivity contribution in [2.75, 3.05) is 13.2 Å². The molecule has 0 amide bonds. The first kappa shape index (κ1) is 43.2. The minimum atomic E-state index is -1.09. The van der Waals surface area contributed by atoms with Crippen LogP contribution in [-0.4, -0.2) is 75.8 Å². The number of hydrogen-bond donors (Lipinski definition) is 4. The van der Waals surface area contributed by atoms with Gasteiger partial charge in [0.15, 0.2) is 0 Å². The number of rotatable bonds is 29. The SMILES string of the molecule is CCCCC[C@H](O)/C=C/[C@@H]1[C@@H](CC(=O)CCCCC(=O)OC[C@@H](O)COC(=O)CCCCCCCCCCC(C)CC)[C@@H](O)C[C@H]1O. The van der Waals surface area contributed by atoms with E-state index in [1.165, 1.54) is 44.9 Å². The van der Waals surface area contributed by atoms with E-state index in [-0.39, 0.29) is 56.6 Å². The fourth-order valence-corrected chi connectivity index (χ4v) is 6.17. The molecule has 0 aromatic rings. The maximum absolute atomic E-state index is 12.6. The van der Waals surface area contributed by atoms with E-state index in [4.69, 9.17) is 9.47 Å². The lowest BCUT2D eigenvalue weighted by Gasteiger charge is -2.20. The van der Waals surface area contributed by atoms with E-state index < -0.39 is 36.3 Å². The lowest BCUT2D eigenvalue weighted by atomic mass is 9.87. The predicted octanol–water partition coefficient (Wildman–Crippen LogP) is 6.76. The molecule has 0 heterocycles. The normalized spacial score (nSPS) is 21.5. The summed E-state index contributed by atoms with van der Waals surface area (Å²) in [6, 6.07) is 0. The van der Waals surface area contributed by atoms with Gasteiger partial charge in [-0.3, -0.25) is 14.4 Å². The summed E-state index contributed by atoms with van der Waals surface area (Å²) in [7, 11) is 0. The predicted molar refractivity (Wildman–Crippen MR) is 185 cm³/mol. The third kappa shape index (κ3) is 21.7. The summed E-state index contributed by atoms with van der Waals surface area (Å²) in [5.74, 6) is -0.843. The molecule has 274 valence electrons. The average molecular weight is 669 g/mol. The van der Waals surface area contributed by atoms with E-state index in [9.17, 15) is 34.8 Å². The summed E-state index contributed by atoms with van der Waals surface area (Å²) in [4.78, 5) is 36.6. The number of esters is 2. The van der Waals surface area contributed by atoms with Gasteiger partial charge in [-0.1, -0.05) is 110 Å². The molecular weight excluding hydrogens is 600 g/mol. The molecule has 1 fully saturated rings. The monoisotopic (exact) mass is 668 g/mol. The highest BCUT2D eigenvalue weighted by molar-refractivity contribution is 5.79. The Balaban J connectivity index is 2.11. The molecule has 7 atom stereocenters. The first-order valence-electron chi connectivity index (χ1n) is 18.8. The smallest absolute Gasteiger partial charge is 0.305 e. The molecular formula is C38H68O9. The van der Waals surface area contributed by atoms with Gasteiger partial charge in [-0.2, -0.15) is 0 Å². The molecule has 0 saturated heterocycles. The van der Waals surface area contributed by atoms with E-state index in [1.807, 2.05) is 0 Å². The third-order valence-electron chi connectivity index (χ3n) is 9.52. The van der Waals surface area contributed by atoms with Crippen molar-refractivity contribution in [3.05, 3.63) is 12.2 Å². The van der Waals surface area contributed by atoms with Crippen LogP contribution in [0.15, 0.2) is 12.2 Å². The molecule has 0 aromatic heterocycles. The molecule has 1 rings (SSSR count). The number of carbonyl (C=O) groups excluding carboxylic acids is 3. The third-order valence-corrected chi connectivity index (χ3v) is 9.52. The molecule has 0 spiro atoms. The first-order chi connectivity index (χ1) is 22.6. The number of unbranched alkanes of at least 4 members (excludes halogenated alkanes) is 10. The maximum atomic E-state index is 12.6. The topological polar surface area (TPSA) is 151 Å². The van der Waals surface area contributed by atoms with Gasteiger partial charge in [0.1, 0.15) is 25.1 Å². The van der Waals surface area contributed by atoms with Crippen LogP contribution in [-0.2, 0) is 23.9 Å². The van der Waals surface area contributed by atoms with E-state index in [1.54, 1.807) is 12.2 Å². The summed E-state index contributed by atoms with van der Waals surface area (Å²) < 4.78 is 10.2. The molecule has 0 aromatic carbocycles. The van der Waals surface area contributed by atoms with Crippen LogP contribution in [0, 0.1) is 17.8 Å². The van der Waals surface area contributed by atoms with Gasteiger partial charge in [0.05, 0.1) is 18.3 Å². The number of ketones is 1. The fraction of sp³-hybridized carbons (Fsp3) is 0.868. The van der Waals surface area contributed by atoms with Gasteiger partial charge in [0.25, 0.3) is 0 Å². The molecule has 1 unspecified atom stereocenters. The first-order valence-corrected chi connectivity index (χ1v) is 18.8. The Bertz CT molecular complexity index is 860. The van der Waals surface area contributed by atoms with Crippen LogP contribution < -0.4 is 0 Å². The van der Waals surface area contributed by atoms with E-state index in [0.29, 0.717) is 25.7 Å². The number of ether oxygens (including phenoxy) is 2. The van der Waals surface area contributed by atoms with Crippen molar-refractivity contribution in [3.8, 4) is 0 Å². The van der Waals surface area contributed by atoms with Gasteiger partial charge >= 0.3 is 11.9 Å². The van der Waals surface area contributed by atoms with Crippen LogP contribution in [0.5, 0.6) is 0 Å². The Morgan fingerprint density at radius 2 is 1.26 bits per heavy atom. The van der Waals surface area contributed by atoms with Gasteiger partial charge < -0.3 is 29.9 Å². The molecule has 0 aliphatic heterocycles. The molecule has 0 bridgehead atoms. The minimum Gasteiger partial charge on any atom is -0.463 e. The van der Waals surface area contributed by atoms with Crippen LogP contribution in [0.25, 0.3) is 0 Å². The summed E-state index contributed by atoms with van der Waals surface area (Å²) >= 11 is 0. The molecule has 47 heavy (non-hydrogen) atoms. The van der Waals surface area contributed by atoms with Crippen molar-refractivity contribution < 1.29 is 44.3 Å². The number of aliphatic hydroxyl groups excluding tert-OH is 4. The molecule has 9 heteroatoms. The molecule has 9 nitrogen and oxygen atoms in total. The van der Waals surface area contributed by atoms with Gasteiger partial charge in [0.2, 0.25) is 0 Å². The molecule has 1 aliphatic carbocycles. The van der Waals surface area contributed by atoms with Gasteiger partial charge in [-0.15, -0.1) is 0 Å². The van der Waals surface area contributed by atoms with E-state index >= 15 is 0 Å². The average Bonchev–Trinajstić information content (AvgIpc) is 3.31. The standard InChI is InChI=1S/C38H68O9/c1-4-6-13-19-30(39)23-24-33-34(36(43)26-35(33)42)25-31(40)20-16-17-22-38(45)47-28-32(41)27-46-37(44)21-15-12-10-8-7-9-11-14-18-29(3)5-2/h23-24,29-30,32-36,39,41-43H,4-22,25-28H2,1-3H3/b24-23+/t29?,30-,32-,33+,34+,35+,36-/m0/s1. The van der Waals surface area contributed by atoms with Gasteiger partial charge in [-0.25, -0.2) is 0 Å². The summed E-state index contributed by atoms with van der Waals surface area (Å²) in [5, 5.41) is 41.0. The fourth-order valence-electron chi connectivity index (χ4n) is 6.17. The maximum Gasteiger partial charge on any atom is 0.305 e. The Hall–Kier alpha value is -1.81. The number of aliphatic hydroxyl groups is 4. The quantitative estimate of drug-likeness (QED) is 0.0385. The van der Waals surface area contributed by atoms with E-state index in [0.717, 1.165) is 44.4 Å². The van der Waals surface area contributed by atoms with Crippen LogP contribution >= 0.6 is 0 Å². The summed E-state index contributed by atoms with van der Waals surface area (Å²) in [5.41, 5.74) is 0. The summed E-state index contributed by atoms with van der Waals surface area (Å²) in [6.07, 6.45) is 17.6. The second-order valence-corrected chi connectivity index (χ2v) is 13.9. The lowest BCUT2D eigenvalue weighted by Crippen LogP contribution is -2.25. The Morgan fingerprint density at radius 1 is 0.723 bits per heavy atom. The van der Waals surface area contributed by atoms with Crippen LogP contribution in [0.1, 0.15) is 156 Å². The number of carbonyl (C=O) groups is 3. The van der Waals surface area contributed by atoms with Gasteiger partial charge in [-0.05, 0) is 31.6 Å². The highest BCUT2D eigenvalue weighted by atomic mass is 16.6. The van der Waals surface area contributed by atoms with Crippen molar-refractivity contribution in [2.24, 2.45) is 17.8 Å². The van der Waals surface area contributed by atoms with Crippen molar-refractivity contribution in [1.82, 2.24) is 0 Å². The number of hydrogen-bond acceptors (Lipinski definition) is 9. The van der Waals surface area contributed by atoms with E-state index in [2.05, 4.69) is 20.8 Å². The number of Topliss-reactive ketones (excluding diaryl/α,β-unsaturated/α-hetero) is 1. The molecule has 1 aliphatic rings. The lowest BCUT2D eigenvalue weighted by molar-refractivity contribution is -0.152. The Kier molecular flexibility index (Phi) is 24.9.